The normalized spacial score (nSPS) is 17.4. The average molecular weight is 550 g/mol. The fraction of sp³-hybridized carbons (Fsp3) is 0.440. The molecule has 0 atom stereocenters. The number of halogens is 4. The van der Waals surface area contributed by atoms with Gasteiger partial charge in [0, 0.05) is 41.2 Å². The summed E-state index contributed by atoms with van der Waals surface area (Å²) in [5.74, 6) is -0.867. The van der Waals surface area contributed by atoms with E-state index in [1.807, 2.05) is 23.5 Å². The first-order valence-electron chi connectivity index (χ1n) is 12.1. The third-order valence-electron chi connectivity index (χ3n) is 6.84. The van der Waals surface area contributed by atoms with Crippen LogP contribution in [-0.2, 0) is 17.4 Å². The standard InChI is InChI=1S/C25H27F4N7OS/c1-23(2)12-30-8-14-7-15(3-4-17(14)23)33-21-31-9-16(20(37)32-13-25(27,28)29)19(35-21)36-22-34-18(10-38-22)24(11-26)5-6-24/h3-4,7,9-10,30H,5-6,8,11-13H2,1-2H3,(H,32,37)(H2,31,33,34,35,36). The quantitative estimate of drug-likeness (QED) is 0.290. The predicted octanol–water partition coefficient (Wildman–Crippen LogP) is 5.09. The van der Waals surface area contributed by atoms with Gasteiger partial charge in [0.1, 0.15) is 18.8 Å². The average Bonchev–Trinajstić information content (AvgIpc) is 3.52. The summed E-state index contributed by atoms with van der Waals surface area (Å²) in [5.41, 5.74) is 2.93. The Bertz CT molecular complexity index is 1350. The Morgan fingerprint density at radius 2 is 1.97 bits per heavy atom. The second kappa shape index (κ2) is 9.77. The number of benzene rings is 1. The Kier molecular flexibility index (Phi) is 6.76. The van der Waals surface area contributed by atoms with E-state index in [2.05, 4.69) is 44.7 Å². The van der Waals surface area contributed by atoms with E-state index < -0.39 is 30.7 Å². The molecule has 1 aliphatic carbocycles. The van der Waals surface area contributed by atoms with Gasteiger partial charge in [-0.3, -0.25) is 9.18 Å². The molecule has 3 aromatic rings. The van der Waals surface area contributed by atoms with Gasteiger partial charge >= 0.3 is 6.18 Å². The number of aromatic nitrogens is 3. The minimum absolute atomic E-state index is 0.0150. The highest BCUT2D eigenvalue weighted by Crippen LogP contribution is 2.49. The number of carbonyl (C=O) groups excluding carboxylic acids is 1. The number of anilines is 4. The largest absolute Gasteiger partial charge is 0.405 e. The molecule has 0 bridgehead atoms. The monoisotopic (exact) mass is 549 g/mol. The third kappa shape index (κ3) is 5.58. The maximum absolute atomic E-state index is 13.5. The lowest BCUT2D eigenvalue weighted by molar-refractivity contribution is -0.123. The molecule has 1 aliphatic heterocycles. The molecule has 0 spiro atoms. The summed E-state index contributed by atoms with van der Waals surface area (Å²) in [4.78, 5) is 25.6. The molecule has 4 N–H and O–H groups in total. The third-order valence-corrected chi connectivity index (χ3v) is 7.60. The van der Waals surface area contributed by atoms with Crippen molar-refractivity contribution in [2.75, 3.05) is 30.4 Å². The molecule has 1 aromatic carbocycles. The van der Waals surface area contributed by atoms with Crippen LogP contribution < -0.4 is 21.3 Å². The Hall–Kier alpha value is -3.32. The van der Waals surface area contributed by atoms with E-state index in [0.717, 1.165) is 24.0 Å². The summed E-state index contributed by atoms with van der Waals surface area (Å²) < 4.78 is 51.6. The number of hydrogen-bond acceptors (Lipinski definition) is 8. The Labute approximate surface area is 220 Å². The van der Waals surface area contributed by atoms with Crippen molar-refractivity contribution in [3.63, 3.8) is 0 Å². The molecule has 1 saturated carbocycles. The minimum Gasteiger partial charge on any atom is -0.343 e. The van der Waals surface area contributed by atoms with Gasteiger partial charge in [0.25, 0.3) is 5.91 Å². The van der Waals surface area contributed by atoms with E-state index in [1.165, 1.54) is 16.9 Å². The first kappa shape index (κ1) is 26.3. The summed E-state index contributed by atoms with van der Waals surface area (Å²) in [6, 6.07) is 5.95. The zero-order chi connectivity index (χ0) is 27.1. The number of hydrogen-bond donors (Lipinski definition) is 4. The number of rotatable bonds is 8. The van der Waals surface area contributed by atoms with Crippen LogP contribution in [0, 0.1) is 0 Å². The Balaban J connectivity index is 1.42. The van der Waals surface area contributed by atoms with Crippen LogP contribution in [0.3, 0.4) is 0 Å². The summed E-state index contributed by atoms with van der Waals surface area (Å²) in [7, 11) is 0. The van der Waals surface area contributed by atoms with Crippen LogP contribution in [0.15, 0.2) is 29.8 Å². The molecule has 8 nitrogen and oxygen atoms in total. The van der Waals surface area contributed by atoms with Gasteiger partial charge in [-0.25, -0.2) is 9.97 Å². The lowest BCUT2D eigenvalue weighted by atomic mass is 9.79. The molecule has 5 rings (SSSR count). The maximum Gasteiger partial charge on any atom is 0.405 e. The molecule has 202 valence electrons. The topological polar surface area (TPSA) is 104 Å². The van der Waals surface area contributed by atoms with Gasteiger partial charge in [-0.15, -0.1) is 11.3 Å². The van der Waals surface area contributed by atoms with Gasteiger partial charge in [-0.05, 0) is 36.1 Å². The van der Waals surface area contributed by atoms with Gasteiger partial charge in [-0.1, -0.05) is 19.9 Å². The van der Waals surface area contributed by atoms with E-state index in [1.54, 1.807) is 5.38 Å². The molecule has 0 unspecified atom stereocenters. The maximum atomic E-state index is 13.5. The van der Waals surface area contributed by atoms with Crippen molar-refractivity contribution in [3.05, 3.63) is 52.2 Å². The van der Waals surface area contributed by atoms with E-state index in [-0.39, 0.29) is 22.7 Å². The summed E-state index contributed by atoms with van der Waals surface area (Å²) >= 11 is 1.20. The predicted molar refractivity (Wildman–Crippen MR) is 137 cm³/mol. The summed E-state index contributed by atoms with van der Waals surface area (Å²) in [6.45, 7) is 3.90. The molecule has 38 heavy (non-hydrogen) atoms. The first-order chi connectivity index (χ1) is 18.0. The van der Waals surface area contributed by atoms with Crippen LogP contribution in [0.2, 0.25) is 0 Å². The smallest absolute Gasteiger partial charge is 0.343 e. The van der Waals surface area contributed by atoms with Crippen LogP contribution in [0.5, 0.6) is 0 Å². The van der Waals surface area contributed by atoms with Crippen molar-refractivity contribution in [2.24, 2.45) is 0 Å². The zero-order valence-corrected chi connectivity index (χ0v) is 21.6. The van der Waals surface area contributed by atoms with E-state index in [0.29, 0.717) is 30.2 Å². The fourth-order valence-electron chi connectivity index (χ4n) is 4.48. The van der Waals surface area contributed by atoms with E-state index in [9.17, 15) is 22.4 Å². The zero-order valence-electron chi connectivity index (χ0n) is 20.8. The second-order valence-electron chi connectivity index (χ2n) is 10.3. The lowest BCUT2D eigenvalue weighted by Gasteiger charge is -2.33. The minimum atomic E-state index is -4.57. The van der Waals surface area contributed by atoms with Gasteiger partial charge in [0.2, 0.25) is 5.95 Å². The van der Waals surface area contributed by atoms with Crippen LogP contribution in [-0.4, -0.2) is 46.8 Å². The van der Waals surface area contributed by atoms with Crippen LogP contribution in [0.4, 0.5) is 40.1 Å². The van der Waals surface area contributed by atoms with Crippen molar-refractivity contribution >= 4 is 39.8 Å². The molecule has 2 aromatic heterocycles. The van der Waals surface area contributed by atoms with Crippen LogP contribution in [0.1, 0.15) is 53.9 Å². The van der Waals surface area contributed by atoms with Crippen molar-refractivity contribution in [2.45, 2.75) is 50.2 Å². The molecular weight excluding hydrogens is 522 g/mol. The van der Waals surface area contributed by atoms with Gasteiger partial charge in [0.05, 0.1) is 5.69 Å². The molecule has 0 saturated heterocycles. The van der Waals surface area contributed by atoms with Gasteiger partial charge in [0.15, 0.2) is 10.9 Å². The SMILES string of the molecule is CC1(C)CNCc2cc(Nc3ncc(C(=O)NCC(F)(F)F)c(Nc4nc(C5(CF)CC5)cs4)n3)ccc21. The lowest BCUT2D eigenvalue weighted by Crippen LogP contribution is -2.38. The highest BCUT2D eigenvalue weighted by Gasteiger charge is 2.46. The number of nitrogens with one attached hydrogen (secondary N) is 4. The van der Waals surface area contributed by atoms with Crippen molar-refractivity contribution in [1.82, 2.24) is 25.6 Å². The number of fused-ring (bicyclic) bond motifs is 1. The Morgan fingerprint density at radius 3 is 2.68 bits per heavy atom. The summed E-state index contributed by atoms with van der Waals surface area (Å²) in [5, 5.41) is 13.4. The highest BCUT2D eigenvalue weighted by atomic mass is 32.1. The number of amides is 1. The molecule has 0 radical (unpaired) electrons. The molecule has 3 heterocycles. The second-order valence-corrected chi connectivity index (χ2v) is 11.2. The molecular formula is C25H27F4N7OS. The fourth-order valence-corrected chi connectivity index (χ4v) is 5.31. The number of thiazole rings is 1. The molecule has 1 amide bonds. The van der Waals surface area contributed by atoms with Crippen molar-refractivity contribution in [3.8, 4) is 0 Å². The highest BCUT2D eigenvalue weighted by molar-refractivity contribution is 7.13. The molecule has 1 fully saturated rings. The van der Waals surface area contributed by atoms with Crippen LogP contribution in [0.25, 0.3) is 0 Å². The van der Waals surface area contributed by atoms with E-state index >= 15 is 0 Å². The first-order valence-corrected chi connectivity index (χ1v) is 13.0. The van der Waals surface area contributed by atoms with E-state index in [4.69, 9.17) is 0 Å². The number of alkyl halides is 4. The van der Waals surface area contributed by atoms with Crippen molar-refractivity contribution < 1.29 is 22.4 Å². The van der Waals surface area contributed by atoms with Gasteiger partial charge < -0.3 is 21.3 Å². The number of carbonyl (C=O) groups is 1. The summed E-state index contributed by atoms with van der Waals surface area (Å²) in [6.07, 6.45) is -2.01. The number of nitrogens with zero attached hydrogens (tertiary/aromatic N) is 3. The van der Waals surface area contributed by atoms with Crippen LogP contribution >= 0.6 is 11.3 Å². The molecule has 13 heteroatoms. The Morgan fingerprint density at radius 1 is 1.18 bits per heavy atom. The molecule has 2 aliphatic rings. The van der Waals surface area contributed by atoms with Gasteiger partial charge in [-0.2, -0.15) is 18.2 Å². The van der Waals surface area contributed by atoms with Crippen molar-refractivity contribution in [1.29, 1.82) is 0 Å².